The summed E-state index contributed by atoms with van der Waals surface area (Å²) in [7, 11) is 0. The predicted molar refractivity (Wildman–Crippen MR) is 95.0 cm³/mol. The highest BCUT2D eigenvalue weighted by molar-refractivity contribution is 5.93. The minimum atomic E-state index is 0.120. The molecule has 0 spiro atoms. The van der Waals surface area contributed by atoms with E-state index >= 15 is 0 Å². The summed E-state index contributed by atoms with van der Waals surface area (Å²) in [6, 6.07) is 14.5. The Hall–Kier alpha value is -2.11. The summed E-state index contributed by atoms with van der Waals surface area (Å²) in [5.74, 6) is 0.120. The lowest BCUT2D eigenvalue weighted by atomic mass is 10.2. The summed E-state index contributed by atoms with van der Waals surface area (Å²) in [6.45, 7) is 6.00. The quantitative estimate of drug-likeness (QED) is 0.905. The molecule has 0 radical (unpaired) electrons. The van der Waals surface area contributed by atoms with E-state index in [1.807, 2.05) is 35.2 Å². The molecule has 5 nitrogen and oxygen atoms in total. The fraction of sp³-hybridized carbons (Fsp3) is 0.421. The van der Waals surface area contributed by atoms with Crippen LogP contribution in [0.3, 0.4) is 0 Å². The van der Waals surface area contributed by atoms with Crippen LogP contribution in [0.25, 0.3) is 11.3 Å². The first-order valence-corrected chi connectivity index (χ1v) is 8.80. The van der Waals surface area contributed by atoms with Gasteiger partial charge in [-0.3, -0.25) is 9.69 Å². The van der Waals surface area contributed by atoms with Crippen LogP contribution in [0.5, 0.6) is 0 Å². The molecule has 0 bridgehead atoms. The van der Waals surface area contributed by atoms with Gasteiger partial charge in [0.05, 0.1) is 0 Å². The molecular formula is C19H24N4O. The van der Waals surface area contributed by atoms with E-state index in [1.54, 1.807) is 0 Å². The Labute approximate surface area is 142 Å². The first-order chi connectivity index (χ1) is 11.8. The second-order valence-electron chi connectivity index (χ2n) is 6.63. The van der Waals surface area contributed by atoms with Gasteiger partial charge in [0.2, 0.25) is 0 Å². The number of carbonyl (C=O) groups excluding carboxylic acids is 1. The van der Waals surface area contributed by atoms with Gasteiger partial charge in [0.1, 0.15) is 5.69 Å². The van der Waals surface area contributed by atoms with Crippen LogP contribution in [0.1, 0.15) is 16.9 Å². The summed E-state index contributed by atoms with van der Waals surface area (Å²) in [5.41, 5.74) is 2.79. The van der Waals surface area contributed by atoms with Gasteiger partial charge in [0.15, 0.2) is 0 Å². The standard InChI is InChI=1S/C19H24N4O/c24-19(18-7-6-17(21-18)15-4-2-1-3-5-15)23-11-8-16(14-23)22-12-9-20-10-13-22/h1-7,16,20-21H,8-14H2. The molecule has 4 rings (SSSR count). The van der Waals surface area contributed by atoms with E-state index in [9.17, 15) is 4.79 Å². The average molecular weight is 324 g/mol. The Morgan fingerprint density at radius 2 is 1.79 bits per heavy atom. The van der Waals surface area contributed by atoms with Gasteiger partial charge in [-0.2, -0.15) is 0 Å². The maximum Gasteiger partial charge on any atom is 0.270 e. The maximum atomic E-state index is 12.8. The fourth-order valence-electron chi connectivity index (χ4n) is 3.75. The lowest BCUT2D eigenvalue weighted by Crippen LogP contribution is -2.49. The maximum absolute atomic E-state index is 12.8. The zero-order valence-electron chi connectivity index (χ0n) is 13.9. The van der Waals surface area contributed by atoms with E-state index in [0.29, 0.717) is 11.7 Å². The van der Waals surface area contributed by atoms with E-state index in [0.717, 1.165) is 56.9 Å². The first kappa shape index (κ1) is 15.4. The van der Waals surface area contributed by atoms with Gasteiger partial charge in [-0.25, -0.2) is 0 Å². The molecule has 2 aliphatic rings. The third-order valence-corrected chi connectivity index (χ3v) is 5.12. The minimum absolute atomic E-state index is 0.120. The van der Waals surface area contributed by atoms with Gasteiger partial charge in [0.25, 0.3) is 5.91 Å². The Morgan fingerprint density at radius 1 is 1.00 bits per heavy atom. The van der Waals surface area contributed by atoms with Crippen molar-refractivity contribution in [1.29, 1.82) is 0 Å². The molecule has 24 heavy (non-hydrogen) atoms. The number of aromatic amines is 1. The highest BCUT2D eigenvalue weighted by Crippen LogP contribution is 2.21. The largest absolute Gasteiger partial charge is 0.351 e. The van der Waals surface area contributed by atoms with Crippen molar-refractivity contribution in [2.45, 2.75) is 12.5 Å². The number of H-pyrrole nitrogens is 1. The number of piperazine rings is 1. The number of rotatable bonds is 3. The van der Waals surface area contributed by atoms with Crippen molar-refractivity contribution in [2.75, 3.05) is 39.3 Å². The summed E-state index contributed by atoms with van der Waals surface area (Å²) in [6.07, 6.45) is 1.08. The average Bonchev–Trinajstić information content (AvgIpc) is 3.33. The molecule has 1 aromatic carbocycles. The summed E-state index contributed by atoms with van der Waals surface area (Å²) in [5, 5.41) is 3.39. The number of likely N-dealkylation sites (tertiary alicyclic amines) is 1. The van der Waals surface area contributed by atoms with Crippen LogP contribution in [0.2, 0.25) is 0 Å². The fourth-order valence-corrected chi connectivity index (χ4v) is 3.75. The second-order valence-corrected chi connectivity index (χ2v) is 6.63. The monoisotopic (exact) mass is 324 g/mol. The molecule has 2 aromatic rings. The molecule has 126 valence electrons. The summed E-state index contributed by atoms with van der Waals surface area (Å²) in [4.78, 5) is 20.6. The zero-order valence-corrected chi connectivity index (χ0v) is 13.9. The number of nitrogens with zero attached hydrogens (tertiary/aromatic N) is 2. The molecule has 2 fully saturated rings. The second kappa shape index (κ2) is 6.79. The van der Waals surface area contributed by atoms with Crippen LogP contribution >= 0.6 is 0 Å². The topological polar surface area (TPSA) is 51.4 Å². The zero-order chi connectivity index (χ0) is 16.4. The van der Waals surface area contributed by atoms with E-state index in [-0.39, 0.29) is 5.91 Å². The highest BCUT2D eigenvalue weighted by Gasteiger charge is 2.31. The Balaban J connectivity index is 1.42. The van der Waals surface area contributed by atoms with Crippen LogP contribution < -0.4 is 5.32 Å². The van der Waals surface area contributed by atoms with Crippen molar-refractivity contribution in [2.24, 2.45) is 0 Å². The van der Waals surface area contributed by atoms with Crippen molar-refractivity contribution in [3.63, 3.8) is 0 Å². The molecule has 3 heterocycles. The smallest absolute Gasteiger partial charge is 0.270 e. The number of aromatic nitrogens is 1. The molecule has 2 aliphatic heterocycles. The number of hydrogen-bond acceptors (Lipinski definition) is 3. The highest BCUT2D eigenvalue weighted by atomic mass is 16.2. The number of benzene rings is 1. The van der Waals surface area contributed by atoms with Gasteiger partial charge < -0.3 is 15.2 Å². The Kier molecular flexibility index (Phi) is 4.36. The molecule has 1 atom stereocenters. The van der Waals surface area contributed by atoms with Gasteiger partial charge in [-0.05, 0) is 24.1 Å². The SMILES string of the molecule is O=C(c1ccc(-c2ccccc2)[nH]1)N1CCC(N2CCNCC2)C1. The molecule has 5 heteroatoms. The third kappa shape index (κ3) is 3.09. The number of amides is 1. The normalized spacial score (nSPS) is 22.0. The van der Waals surface area contributed by atoms with Crippen LogP contribution in [0.15, 0.2) is 42.5 Å². The number of nitrogens with one attached hydrogen (secondary N) is 2. The van der Waals surface area contributed by atoms with Crippen molar-refractivity contribution in [1.82, 2.24) is 20.1 Å². The number of hydrogen-bond donors (Lipinski definition) is 2. The van der Waals surface area contributed by atoms with E-state index in [1.165, 1.54) is 0 Å². The van der Waals surface area contributed by atoms with Gasteiger partial charge in [0, 0.05) is 51.0 Å². The molecule has 0 saturated carbocycles. The van der Waals surface area contributed by atoms with Crippen molar-refractivity contribution in [3.05, 3.63) is 48.2 Å². The van der Waals surface area contributed by atoms with Crippen molar-refractivity contribution in [3.8, 4) is 11.3 Å². The molecule has 0 aliphatic carbocycles. The molecule has 1 aromatic heterocycles. The van der Waals surface area contributed by atoms with Crippen LogP contribution in [-0.4, -0.2) is 66.0 Å². The van der Waals surface area contributed by atoms with Crippen LogP contribution in [0.4, 0.5) is 0 Å². The van der Waals surface area contributed by atoms with E-state index in [4.69, 9.17) is 0 Å². The van der Waals surface area contributed by atoms with Gasteiger partial charge in [-0.1, -0.05) is 30.3 Å². The van der Waals surface area contributed by atoms with E-state index < -0.39 is 0 Å². The van der Waals surface area contributed by atoms with Gasteiger partial charge >= 0.3 is 0 Å². The Bertz CT molecular complexity index is 690. The predicted octanol–water partition coefficient (Wildman–Crippen LogP) is 1.80. The van der Waals surface area contributed by atoms with Crippen LogP contribution in [0, 0.1) is 0 Å². The van der Waals surface area contributed by atoms with Crippen molar-refractivity contribution >= 4 is 5.91 Å². The summed E-state index contributed by atoms with van der Waals surface area (Å²) < 4.78 is 0. The summed E-state index contributed by atoms with van der Waals surface area (Å²) >= 11 is 0. The van der Waals surface area contributed by atoms with Crippen LogP contribution in [-0.2, 0) is 0 Å². The molecule has 2 saturated heterocycles. The van der Waals surface area contributed by atoms with E-state index in [2.05, 4.69) is 27.3 Å². The lowest BCUT2D eigenvalue weighted by molar-refractivity contribution is 0.0768. The molecular weight excluding hydrogens is 300 g/mol. The third-order valence-electron chi connectivity index (χ3n) is 5.12. The van der Waals surface area contributed by atoms with Crippen molar-refractivity contribution < 1.29 is 4.79 Å². The molecule has 2 N–H and O–H groups in total. The Morgan fingerprint density at radius 3 is 2.58 bits per heavy atom. The molecule has 1 amide bonds. The molecule has 1 unspecified atom stereocenters. The first-order valence-electron chi connectivity index (χ1n) is 8.80. The lowest BCUT2D eigenvalue weighted by Gasteiger charge is -2.32. The van der Waals surface area contributed by atoms with Gasteiger partial charge in [-0.15, -0.1) is 0 Å². The number of carbonyl (C=O) groups is 1. The minimum Gasteiger partial charge on any atom is -0.351 e.